The molecular formula is C24H20F3NO3. The van der Waals surface area contributed by atoms with Crippen molar-refractivity contribution in [3.05, 3.63) is 89.5 Å². The van der Waals surface area contributed by atoms with Gasteiger partial charge in [0.2, 0.25) is 0 Å². The minimum Gasteiger partial charge on any atom is -0.487 e. The standard InChI is InChI=1S/C24H20F3NO3/c25-24(26,27)21-12-5-4-10-19(21)20-11-6-9-17-13-18(31-22(17)20)15-28(23(29)30)14-16-7-2-1-3-8-16/h1-12,18H,13-15H2,(H,29,30). The van der Waals surface area contributed by atoms with E-state index in [9.17, 15) is 23.1 Å². The van der Waals surface area contributed by atoms with Crippen LogP contribution in [0.15, 0.2) is 72.8 Å². The molecule has 31 heavy (non-hydrogen) atoms. The van der Waals surface area contributed by atoms with Gasteiger partial charge in [0, 0.05) is 18.5 Å². The summed E-state index contributed by atoms with van der Waals surface area (Å²) < 4.78 is 46.6. The average Bonchev–Trinajstić information content (AvgIpc) is 3.16. The molecule has 3 aromatic rings. The summed E-state index contributed by atoms with van der Waals surface area (Å²) in [5, 5.41) is 9.62. The zero-order valence-corrected chi connectivity index (χ0v) is 16.5. The zero-order valence-electron chi connectivity index (χ0n) is 16.5. The molecule has 0 aliphatic carbocycles. The second-order valence-corrected chi connectivity index (χ2v) is 7.43. The molecule has 1 atom stereocenters. The Labute approximate surface area is 177 Å². The summed E-state index contributed by atoms with van der Waals surface area (Å²) in [5.74, 6) is 0.384. The highest BCUT2D eigenvalue weighted by Crippen LogP contribution is 2.44. The fourth-order valence-electron chi connectivity index (χ4n) is 3.88. The van der Waals surface area contributed by atoms with E-state index in [0.29, 0.717) is 17.7 Å². The number of amides is 1. The molecule has 160 valence electrons. The van der Waals surface area contributed by atoms with E-state index in [1.807, 2.05) is 30.3 Å². The number of rotatable bonds is 5. The summed E-state index contributed by atoms with van der Waals surface area (Å²) in [6.07, 6.45) is -5.62. The van der Waals surface area contributed by atoms with Crippen LogP contribution in [0.3, 0.4) is 0 Å². The molecule has 0 saturated heterocycles. The molecule has 1 aliphatic rings. The number of para-hydroxylation sites is 1. The third-order valence-electron chi connectivity index (χ3n) is 5.26. The van der Waals surface area contributed by atoms with Crippen LogP contribution in [-0.2, 0) is 19.1 Å². The van der Waals surface area contributed by atoms with Crippen LogP contribution < -0.4 is 4.74 Å². The first-order valence-corrected chi connectivity index (χ1v) is 9.80. The molecule has 1 amide bonds. The summed E-state index contributed by atoms with van der Waals surface area (Å²) in [5.41, 5.74) is 1.29. The third kappa shape index (κ3) is 4.50. The largest absolute Gasteiger partial charge is 0.487 e. The molecule has 0 bridgehead atoms. The number of alkyl halides is 3. The van der Waals surface area contributed by atoms with Crippen LogP contribution in [0.4, 0.5) is 18.0 Å². The van der Waals surface area contributed by atoms with Gasteiger partial charge < -0.3 is 14.7 Å². The Hall–Kier alpha value is -3.48. The average molecular weight is 427 g/mol. The molecule has 4 rings (SSSR count). The van der Waals surface area contributed by atoms with Gasteiger partial charge in [-0.25, -0.2) is 4.79 Å². The van der Waals surface area contributed by atoms with Crippen molar-refractivity contribution in [1.29, 1.82) is 0 Å². The van der Waals surface area contributed by atoms with Gasteiger partial charge in [-0.2, -0.15) is 13.2 Å². The molecule has 4 nitrogen and oxygen atoms in total. The second kappa shape index (κ2) is 8.34. The fraction of sp³-hybridized carbons (Fsp3) is 0.208. The number of fused-ring (bicyclic) bond motifs is 1. The van der Waals surface area contributed by atoms with E-state index < -0.39 is 23.9 Å². The first-order chi connectivity index (χ1) is 14.8. The Balaban J connectivity index is 1.59. The molecule has 0 fully saturated rings. The van der Waals surface area contributed by atoms with E-state index in [1.54, 1.807) is 24.3 Å². The predicted molar refractivity (Wildman–Crippen MR) is 110 cm³/mol. The number of hydrogen-bond acceptors (Lipinski definition) is 2. The summed E-state index contributed by atoms with van der Waals surface area (Å²) >= 11 is 0. The molecule has 1 N–H and O–H groups in total. The Morgan fingerprint density at radius 3 is 2.35 bits per heavy atom. The van der Waals surface area contributed by atoms with Gasteiger partial charge in [0.1, 0.15) is 11.9 Å². The number of nitrogens with zero attached hydrogens (tertiary/aromatic N) is 1. The monoisotopic (exact) mass is 427 g/mol. The summed E-state index contributed by atoms with van der Waals surface area (Å²) in [6.45, 7) is 0.315. The lowest BCUT2D eigenvalue weighted by Crippen LogP contribution is -2.37. The van der Waals surface area contributed by atoms with Gasteiger partial charge in [-0.15, -0.1) is 0 Å². The number of hydrogen-bond donors (Lipinski definition) is 1. The quantitative estimate of drug-likeness (QED) is 0.555. The van der Waals surface area contributed by atoms with Crippen LogP contribution in [0.5, 0.6) is 5.75 Å². The van der Waals surface area contributed by atoms with Crippen LogP contribution in [0, 0.1) is 0 Å². The van der Waals surface area contributed by atoms with Gasteiger partial charge in [-0.1, -0.05) is 66.7 Å². The van der Waals surface area contributed by atoms with E-state index >= 15 is 0 Å². The van der Waals surface area contributed by atoms with Gasteiger partial charge in [-0.05, 0) is 22.8 Å². The highest BCUT2D eigenvalue weighted by Gasteiger charge is 2.35. The van der Waals surface area contributed by atoms with Crippen LogP contribution in [-0.4, -0.2) is 28.7 Å². The minimum atomic E-state index is -4.49. The molecule has 1 aliphatic heterocycles. The molecule has 1 heterocycles. The van der Waals surface area contributed by atoms with Gasteiger partial charge >= 0.3 is 12.3 Å². The topological polar surface area (TPSA) is 49.8 Å². The number of ether oxygens (including phenoxy) is 1. The van der Waals surface area contributed by atoms with Crippen molar-refractivity contribution in [1.82, 2.24) is 4.90 Å². The molecule has 0 saturated carbocycles. The van der Waals surface area contributed by atoms with E-state index in [0.717, 1.165) is 17.2 Å². The SMILES string of the molecule is O=C(O)N(Cc1ccccc1)CC1Cc2cccc(-c3ccccc3C(F)(F)F)c2O1. The first-order valence-electron chi connectivity index (χ1n) is 9.80. The van der Waals surface area contributed by atoms with Crippen molar-refractivity contribution in [3.8, 4) is 16.9 Å². The fourth-order valence-corrected chi connectivity index (χ4v) is 3.88. The summed E-state index contributed by atoms with van der Waals surface area (Å²) in [7, 11) is 0. The lowest BCUT2D eigenvalue weighted by molar-refractivity contribution is -0.137. The molecule has 1 unspecified atom stereocenters. The Morgan fingerprint density at radius 2 is 1.65 bits per heavy atom. The maximum Gasteiger partial charge on any atom is 0.417 e. The first kappa shape index (κ1) is 20.8. The Kier molecular flexibility index (Phi) is 5.59. The van der Waals surface area contributed by atoms with Crippen LogP contribution in [0.2, 0.25) is 0 Å². The van der Waals surface area contributed by atoms with Crippen LogP contribution >= 0.6 is 0 Å². The highest BCUT2D eigenvalue weighted by molar-refractivity contribution is 5.76. The second-order valence-electron chi connectivity index (χ2n) is 7.43. The van der Waals surface area contributed by atoms with Crippen LogP contribution in [0.25, 0.3) is 11.1 Å². The number of carboxylic acid groups (broad SMARTS) is 1. The highest BCUT2D eigenvalue weighted by atomic mass is 19.4. The molecule has 0 spiro atoms. The molecule has 3 aromatic carbocycles. The maximum atomic E-state index is 13.5. The van der Waals surface area contributed by atoms with Crippen molar-refractivity contribution in [2.24, 2.45) is 0 Å². The zero-order chi connectivity index (χ0) is 22.0. The minimum absolute atomic E-state index is 0.0480. The van der Waals surface area contributed by atoms with Gasteiger partial charge in [0.15, 0.2) is 0 Å². The Morgan fingerprint density at radius 1 is 0.968 bits per heavy atom. The molecule has 0 radical (unpaired) electrons. The lowest BCUT2D eigenvalue weighted by Gasteiger charge is -2.23. The van der Waals surface area contributed by atoms with Crippen molar-refractivity contribution < 1.29 is 27.8 Å². The van der Waals surface area contributed by atoms with Gasteiger partial charge in [0.25, 0.3) is 0 Å². The van der Waals surface area contributed by atoms with E-state index in [4.69, 9.17) is 4.74 Å². The number of benzene rings is 3. The summed E-state index contributed by atoms with van der Waals surface area (Å²) in [6, 6.07) is 19.7. The lowest BCUT2D eigenvalue weighted by atomic mass is 9.96. The third-order valence-corrected chi connectivity index (χ3v) is 5.26. The summed E-state index contributed by atoms with van der Waals surface area (Å²) in [4.78, 5) is 13.0. The number of halogens is 3. The normalized spacial score (nSPS) is 15.3. The van der Waals surface area contributed by atoms with Crippen molar-refractivity contribution >= 4 is 6.09 Å². The van der Waals surface area contributed by atoms with Crippen molar-refractivity contribution in [2.45, 2.75) is 25.2 Å². The van der Waals surface area contributed by atoms with Crippen molar-refractivity contribution in [2.75, 3.05) is 6.54 Å². The van der Waals surface area contributed by atoms with Crippen molar-refractivity contribution in [3.63, 3.8) is 0 Å². The maximum absolute atomic E-state index is 13.5. The molecule has 0 aromatic heterocycles. The van der Waals surface area contributed by atoms with Crippen LogP contribution in [0.1, 0.15) is 16.7 Å². The Bertz CT molecular complexity index is 1080. The molecular weight excluding hydrogens is 407 g/mol. The molecule has 7 heteroatoms. The number of carbonyl (C=O) groups is 1. The van der Waals surface area contributed by atoms with Gasteiger partial charge in [-0.3, -0.25) is 0 Å². The van der Waals surface area contributed by atoms with E-state index in [2.05, 4.69) is 0 Å². The smallest absolute Gasteiger partial charge is 0.417 e. The van der Waals surface area contributed by atoms with E-state index in [-0.39, 0.29) is 18.7 Å². The van der Waals surface area contributed by atoms with E-state index in [1.165, 1.54) is 17.0 Å². The van der Waals surface area contributed by atoms with Gasteiger partial charge in [0.05, 0.1) is 12.1 Å². The predicted octanol–water partition coefficient (Wildman–Crippen LogP) is 5.86.